The number of hydrogen-bond acceptors (Lipinski definition) is 1. The summed E-state index contributed by atoms with van der Waals surface area (Å²) in [6.07, 6.45) is 7.27. The van der Waals surface area contributed by atoms with E-state index < -0.39 is 11.6 Å². The number of aromatic amines is 1. The molecule has 4 heteroatoms. The first-order chi connectivity index (χ1) is 8.72. The largest absolute Gasteiger partial charge is 0.342 e. The van der Waals surface area contributed by atoms with Gasteiger partial charge in [0.2, 0.25) is 0 Å². The molecule has 1 aromatic heterocycles. The Balaban J connectivity index is 1.76. The molecule has 0 aliphatic heterocycles. The van der Waals surface area contributed by atoms with Gasteiger partial charge in [-0.25, -0.2) is 13.8 Å². The van der Waals surface area contributed by atoms with Gasteiger partial charge in [-0.2, -0.15) is 0 Å². The minimum absolute atomic E-state index is 0.510. The molecule has 0 amide bonds. The lowest BCUT2D eigenvalue weighted by Gasteiger charge is -2.05. The second-order valence-electron chi connectivity index (χ2n) is 5.16. The van der Waals surface area contributed by atoms with Gasteiger partial charge in [-0.15, -0.1) is 0 Å². The molecule has 1 fully saturated rings. The van der Waals surface area contributed by atoms with Crippen LogP contribution in [0.3, 0.4) is 0 Å². The van der Waals surface area contributed by atoms with Crippen LogP contribution < -0.4 is 0 Å². The van der Waals surface area contributed by atoms with Crippen molar-refractivity contribution in [3.63, 3.8) is 0 Å². The molecular formula is C14H16F2N2. The van der Waals surface area contributed by atoms with Crippen LogP contribution in [0.15, 0.2) is 12.1 Å². The molecule has 1 saturated carbocycles. The van der Waals surface area contributed by atoms with Crippen molar-refractivity contribution in [2.24, 2.45) is 5.92 Å². The molecule has 0 bridgehead atoms. The quantitative estimate of drug-likeness (QED) is 0.877. The fourth-order valence-corrected chi connectivity index (χ4v) is 2.82. The fraction of sp³-hybridized carbons (Fsp3) is 0.500. The predicted octanol–water partition coefficient (Wildman–Crippen LogP) is 3.96. The highest BCUT2D eigenvalue weighted by Crippen LogP contribution is 2.28. The zero-order valence-corrected chi connectivity index (χ0v) is 10.2. The molecule has 2 nitrogen and oxygen atoms in total. The number of nitrogens with zero attached hydrogens (tertiary/aromatic N) is 1. The second-order valence-corrected chi connectivity index (χ2v) is 5.16. The molecule has 0 saturated heterocycles. The molecule has 0 unspecified atom stereocenters. The summed E-state index contributed by atoms with van der Waals surface area (Å²) in [5.74, 6) is -0.0292. The van der Waals surface area contributed by atoms with Crippen molar-refractivity contribution < 1.29 is 8.78 Å². The third-order valence-corrected chi connectivity index (χ3v) is 3.84. The fourth-order valence-electron chi connectivity index (χ4n) is 2.82. The highest BCUT2D eigenvalue weighted by molar-refractivity contribution is 5.75. The van der Waals surface area contributed by atoms with Crippen LogP contribution in [0.2, 0.25) is 0 Å². The Morgan fingerprint density at radius 3 is 2.67 bits per heavy atom. The molecule has 1 heterocycles. The standard InChI is InChI=1S/C14H16F2N2/c15-10-7-12-13(8-11(10)16)18-14(17-12)6-5-9-3-1-2-4-9/h7-9H,1-6H2,(H,17,18). The number of nitrogens with one attached hydrogen (secondary N) is 1. The number of aryl methyl sites for hydroxylation is 1. The molecule has 0 radical (unpaired) electrons. The van der Waals surface area contributed by atoms with Gasteiger partial charge in [0.25, 0.3) is 0 Å². The van der Waals surface area contributed by atoms with Gasteiger partial charge < -0.3 is 4.98 Å². The van der Waals surface area contributed by atoms with E-state index in [1.54, 1.807) is 0 Å². The monoisotopic (exact) mass is 250 g/mol. The number of rotatable bonds is 3. The van der Waals surface area contributed by atoms with Crippen LogP contribution in [0.4, 0.5) is 8.78 Å². The van der Waals surface area contributed by atoms with Crippen LogP contribution in [-0.4, -0.2) is 9.97 Å². The zero-order valence-electron chi connectivity index (χ0n) is 10.2. The molecule has 2 aromatic rings. The van der Waals surface area contributed by atoms with E-state index in [0.717, 1.165) is 30.7 Å². The Labute approximate surface area is 104 Å². The van der Waals surface area contributed by atoms with Gasteiger partial charge in [-0.05, 0) is 12.3 Å². The van der Waals surface area contributed by atoms with Gasteiger partial charge >= 0.3 is 0 Å². The van der Waals surface area contributed by atoms with E-state index in [1.807, 2.05) is 0 Å². The summed E-state index contributed by atoms with van der Waals surface area (Å²) in [6, 6.07) is 2.33. The minimum Gasteiger partial charge on any atom is -0.342 e. The van der Waals surface area contributed by atoms with Crippen LogP contribution in [-0.2, 0) is 6.42 Å². The summed E-state index contributed by atoms with van der Waals surface area (Å²) in [7, 11) is 0. The minimum atomic E-state index is -0.837. The summed E-state index contributed by atoms with van der Waals surface area (Å²) in [5, 5.41) is 0. The Morgan fingerprint density at radius 1 is 1.17 bits per heavy atom. The van der Waals surface area contributed by atoms with Crippen molar-refractivity contribution in [1.29, 1.82) is 0 Å². The Hall–Kier alpha value is -1.45. The molecule has 0 atom stereocenters. The number of benzene rings is 1. The maximum atomic E-state index is 13.1. The average molecular weight is 250 g/mol. The summed E-state index contributed by atoms with van der Waals surface area (Å²) in [4.78, 5) is 7.38. The van der Waals surface area contributed by atoms with E-state index in [0.29, 0.717) is 11.0 Å². The van der Waals surface area contributed by atoms with Gasteiger partial charge in [0.05, 0.1) is 11.0 Å². The van der Waals surface area contributed by atoms with Gasteiger partial charge in [-0.3, -0.25) is 0 Å². The molecule has 1 aromatic carbocycles. The normalized spacial score (nSPS) is 16.8. The first-order valence-corrected chi connectivity index (χ1v) is 6.56. The van der Waals surface area contributed by atoms with Crippen molar-refractivity contribution in [3.05, 3.63) is 29.6 Å². The van der Waals surface area contributed by atoms with Crippen molar-refractivity contribution in [1.82, 2.24) is 9.97 Å². The molecular weight excluding hydrogens is 234 g/mol. The Morgan fingerprint density at radius 2 is 1.89 bits per heavy atom. The smallest absolute Gasteiger partial charge is 0.161 e. The SMILES string of the molecule is Fc1cc2nc(CCC3CCCC3)[nH]c2cc1F. The highest BCUT2D eigenvalue weighted by atomic mass is 19.2. The van der Waals surface area contributed by atoms with E-state index >= 15 is 0 Å². The van der Waals surface area contributed by atoms with Crippen LogP contribution in [0.25, 0.3) is 11.0 Å². The number of halogens is 2. The van der Waals surface area contributed by atoms with E-state index in [9.17, 15) is 8.78 Å². The summed E-state index contributed by atoms with van der Waals surface area (Å²) in [5.41, 5.74) is 1.09. The molecule has 1 N–H and O–H groups in total. The van der Waals surface area contributed by atoms with E-state index in [4.69, 9.17) is 0 Å². The lowest BCUT2D eigenvalue weighted by Crippen LogP contribution is -1.97. The Bertz CT molecular complexity index is 517. The zero-order chi connectivity index (χ0) is 12.5. The molecule has 18 heavy (non-hydrogen) atoms. The first kappa shape index (κ1) is 11.6. The summed E-state index contributed by atoms with van der Waals surface area (Å²) in [6.45, 7) is 0. The van der Waals surface area contributed by atoms with Gasteiger partial charge in [-0.1, -0.05) is 25.7 Å². The van der Waals surface area contributed by atoms with Crippen molar-refractivity contribution in [2.75, 3.05) is 0 Å². The number of hydrogen-bond donors (Lipinski definition) is 1. The van der Waals surface area contributed by atoms with Crippen LogP contribution in [0.1, 0.15) is 37.9 Å². The highest BCUT2D eigenvalue weighted by Gasteiger charge is 2.16. The molecule has 1 aliphatic carbocycles. The summed E-state index contributed by atoms with van der Waals surface area (Å²) < 4.78 is 26.1. The van der Waals surface area contributed by atoms with Crippen LogP contribution in [0.5, 0.6) is 0 Å². The van der Waals surface area contributed by atoms with Crippen molar-refractivity contribution >= 4 is 11.0 Å². The van der Waals surface area contributed by atoms with Crippen LogP contribution >= 0.6 is 0 Å². The maximum absolute atomic E-state index is 13.1. The molecule has 96 valence electrons. The van der Waals surface area contributed by atoms with Gasteiger partial charge in [0.15, 0.2) is 11.6 Å². The lowest BCUT2D eigenvalue weighted by molar-refractivity contribution is 0.498. The van der Waals surface area contributed by atoms with E-state index in [2.05, 4.69) is 9.97 Å². The van der Waals surface area contributed by atoms with Crippen molar-refractivity contribution in [2.45, 2.75) is 38.5 Å². The van der Waals surface area contributed by atoms with Crippen LogP contribution in [0, 0.1) is 17.6 Å². The van der Waals surface area contributed by atoms with E-state index in [-0.39, 0.29) is 0 Å². The third kappa shape index (κ3) is 2.24. The van der Waals surface area contributed by atoms with Gasteiger partial charge in [0.1, 0.15) is 5.82 Å². The lowest BCUT2D eigenvalue weighted by atomic mass is 10.0. The topological polar surface area (TPSA) is 28.7 Å². The number of fused-ring (bicyclic) bond motifs is 1. The number of H-pyrrole nitrogens is 1. The number of aromatic nitrogens is 2. The number of imidazole rings is 1. The third-order valence-electron chi connectivity index (χ3n) is 3.84. The maximum Gasteiger partial charge on any atom is 0.161 e. The van der Waals surface area contributed by atoms with Gasteiger partial charge in [0, 0.05) is 18.6 Å². The average Bonchev–Trinajstić information content (AvgIpc) is 2.96. The Kier molecular flexibility index (Phi) is 3.02. The van der Waals surface area contributed by atoms with Crippen molar-refractivity contribution in [3.8, 4) is 0 Å². The first-order valence-electron chi connectivity index (χ1n) is 6.56. The molecule has 3 rings (SSSR count). The molecule has 1 aliphatic rings. The predicted molar refractivity (Wildman–Crippen MR) is 66.3 cm³/mol. The second kappa shape index (κ2) is 4.67. The van der Waals surface area contributed by atoms with E-state index in [1.165, 1.54) is 31.7 Å². The summed E-state index contributed by atoms with van der Waals surface area (Å²) >= 11 is 0. The molecule has 0 spiro atoms.